The third kappa shape index (κ3) is 15.6. The van der Waals surface area contributed by atoms with Crippen LogP contribution in [0.4, 0.5) is 0 Å². The van der Waals surface area contributed by atoms with Crippen LogP contribution in [0.3, 0.4) is 0 Å². The van der Waals surface area contributed by atoms with Gasteiger partial charge in [-0.3, -0.25) is 9.59 Å². The first-order valence-electron chi connectivity index (χ1n) is 8.51. The van der Waals surface area contributed by atoms with Crippen molar-refractivity contribution in [2.45, 2.75) is 38.3 Å². The van der Waals surface area contributed by atoms with Gasteiger partial charge in [-0.05, 0) is 32.9 Å². The summed E-state index contributed by atoms with van der Waals surface area (Å²) in [5.74, 6) is -1.13. The number of carbonyl (C=O) groups is 2. The van der Waals surface area contributed by atoms with Gasteiger partial charge in [0.15, 0.2) is 0 Å². The second-order valence-electron chi connectivity index (χ2n) is 6.03. The predicted octanol–water partition coefficient (Wildman–Crippen LogP) is -1.85. The largest absolute Gasteiger partial charge is 0.481 e. The SMILES string of the molecule is C[C@@](N)(CNCCNCCCNCCN)NC(=O)CCCC(=O)O. The molecule has 24 heavy (non-hydrogen) atoms. The van der Waals surface area contributed by atoms with E-state index in [0.717, 1.165) is 39.1 Å². The molecule has 1 atom stereocenters. The van der Waals surface area contributed by atoms with Crippen molar-refractivity contribution in [2.24, 2.45) is 11.5 Å². The zero-order valence-electron chi connectivity index (χ0n) is 14.7. The summed E-state index contributed by atoms with van der Waals surface area (Å²) in [7, 11) is 0. The van der Waals surface area contributed by atoms with Crippen LogP contribution in [-0.2, 0) is 9.59 Å². The van der Waals surface area contributed by atoms with Gasteiger partial charge >= 0.3 is 5.97 Å². The van der Waals surface area contributed by atoms with Gasteiger partial charge in [-0.2, -0.15) is 0 Å². The van der Waals surface area contributed by atoms with Crippen LogP contribution in [-0.4, -0.2) is 68.5 Å². The van der Waals surface area contributed by atoms with Crippen LogP contribution < -0.4 is 32.7 Å². The minimum atomic E-state index is -0.900. The lowest BCUT2D eigenvalue weighted by molar-refractivity contribution is -0.137. The molecule has 9 heteroatoms. The van der Waals surface area contributed by atoms with Crippen molar-refractivity contribution in [2.75, 3.05) is 45.8 Å². The molecule has 142 valence electrons. The maximum absolute atomic E-state index is 11.7. The number of hydrogen-bond acceptors (Lipinski definition) is 7. The van der Waals surface area contributed by atoms with Crippen molar-refractivity contribution >= 4 is 11.9 Å². The van der Waals surface area contributed by atoms with Crippen LogP contribution >= 0.6 is 0 Å². The lowest BCUT2D eigenvalue weighted by atomic mass is 10.1. The fraction of sp³-hybridized carbons (Fsp3) is 0.867. The highest BCUT2D eigenvalue weighted by molar-refractivity contribution is 5.77. The number of nitrogens with one attached hydrogen (secondary N) is 4. The van der Waals surface area contributed by atoms with E-state index in [0.29, 0.717) is 19.5 Å². The summed E-state index contributed by atoms with van der Waals surface area (Å²) in [5, 5.41) is 21.0. The molecule has 0 heterocycles. The number of rotatable bonds is 16. The van der Waals surface area contributed by atoms with Crippen molar-refractivity contribution in [3.05, 3.63) is 0 Å². The van der Waals surface area contributed by atoms with Gasteiger partial charge in [0, 0.05) is 45.6 Å². The summed E-state index contributed by atoms with van der Waals surface area (Å²) in [5.41, 5.74) is 10.5. The van der Waals surface area contributed by atoms with Gasteiger partial charge < -0.3 is 37.8 Å². The Morgan fingerprint density at radius 1 is 0.958 bits per heavy atom. The maximum Gasteiger partial charge on any atom is 0.303 e. The van der Waals surface area contributed by atoms with Gasteiger partial charge in [-0.1, -0.05) is 0 Å². The minimum absolute atomic E-state index is 0.0135. The molecule has 9 nitrogen and oxygen atoms in total. The topological polar surface area (TPSA) is 155 Å². The van der Waals surface area contributed by atoms with Crippen molar-refractivity contribution in [3.8, 4) is 0 Å². The third-order valence-corrected chi connectivity index (χ3v) is 3.22. The Morgan fingerprint density at radius 2 is 1.58 bits per heavy atom. The van der Waals surface area contributed by atoms with Crippen molar-refractivity contribution in [1.82, 2.24) is 21.3 Å². The first-order valence-corrected chi connectivity index (χ1v) is 8.51. The van der Waals surface area contributed by atoms with E-state index in [2.05, 4.69) is 21.3 Å². The molecule has 0 bridgehead atoms. The summed E-state index contributed by atoms with van der Waals surface area (Å²) in [4.78, 5) is 22.1. The van der Waals surface area contributed by atoms with Gasteiger partial charge in [-0.15, -0.1) is 0 Å². The van der Waals surface area contributed by atoms with Crippen LogP contribution in [0, 0.1) is 0 Å². The number of amides is 1. The standard InChI is InChI=1S/C15H34N6O3/c1-15(17,21-13(22)4-2-5-14(23)24)12-20-11-10-19-8-3-7-18-9-6-16/h18-20H,2-12,16-17H2,1H3,(H,21,22)(H,23,24)/t15-/m0/s1. The molecule has 0 rings (SSSR count). The Hall–Kier alpha value is -1.26. The molecule has 0 saturated heterocycles. The number of hydrogen-bond donors (Lipinski definition) is 7. The van der Waals surface area contributed by atoms with Gasteiger partial charge in [0.1, 0.15) is 0 Å². The van der Waals surface area contributed by atoms with E-state index in [1.165, 1.54) is 0 Å². The number of nitrogens with two attached hydrogens (primary N) is 2. The molecule has 0 radical (unpaired) electrons. The van der Waals surface area contributed by atoms with Crippen LogP contribution in [0.5, 0.6) is 0 Å². The Balaban J connectivity index is 3.56. The summed E-state index contributed by atoms with van der Waals surface area (Å²) in [6.07, 6.45) is 1.51. The normalized spacial score (nSPS) is 13.5. The fourth-order valence-corrected chi connectivity index (χ4v) is 2.04. The van der Waals surface area contributed by atoms with Crippen molar-refractivity contribution in [3.63, 3.8) is 0 Å². The summed E-state index contributed by atoms with van der Waals surface area (Å²) in [6, 6.07) is 0. The smallest absolute Gasteiger partial charge is 0.303 e. The summed E-state index contributed by atoms with van der Waals surface area (Å²) < 4.78 is 0. The lowest BCUT2D eigenvalue weighted by Crippen LogP contribution is -2.59. The van der Waals surface area contributed by atoms with E-state index in [4.69, 9.17) is 16.6 Å². The lowest BCUT2D eigenvalue weighted by Gasteiger charge is -2.26. The molecule has 9 N–H and O–H groups in total. The van der Waals surface area contributed by atoms with Crippen LogP contribution in [0.15, 0.2) is 0 Å². The molecule has 0 aliphatic rings. The summed E-state index contributed by atoms with van der Waals surface area (Å²) >= 11 is 0. The fourth-order valence-electron chi connectivity index (χ4n) is 2.04. The minimum Gasteiger partial charge on any atom is -0.481 e. The van der Waals surface area contributed by atoms with Crippen molar-refractivity contribution in [1.29, 1.82) is 0 Å². The van der Waals surface area contributed by atoms with E-state index < -0.39 is 11.6 Å². The highest BCUT2D eigenvalue weighted by Crippen LogP contribution is 1.98. The zero-order valence-corrected chi connectivity index (χ0v) is 14.7. The highest BCUT2D eigenvalue weighted by atomic mass is 16.4. The van der Waals surface area contributed by atoms with Gasteiger partial charge in [0.25, 0.3) is 0 Å². The average molecular weight is 346 g/mol. The second kappa shape index (κ2) is 14.1. The van der Waals surface area contributed by atoms with E-state index in [1.807, 2.05) is 0 Å². The molecule has 0 aliphatic heterocycles. The number of carboxylic acids is 1. The predicted molar refractivity (Wildman–Crippen MR) is 94.5 cm³/mol. The zero-order chi connectivity index (χ0) is 18.3. The maximum atomic E-state index is 11.7. The molecule has 0 aromatic carbocycles. The first-order chi connectivity index (χ1) is 11.4. The van der Waals surface area contributed by atoms with E-state index in [1.54, 1.807) is 6.92 Å². The number of aliphatic carboxylic acids is 1. The third-order valence-electron chi connectivity index (χ3n) is 3.22. The molecule has 0 spiro atoms. The van der Waals surface area contributed by atoms with Gasteiger partial charge in [-0.25, -0.2) is 0 Å². The molecular formula is C15H34N6O3. The monoisotopic (exact) mass is 346 g/mol. The van der Waals surface area contributed by atoms with E-state index in [9.17, 15) is 9.59 Å². The van der Waals surface area contributed by atoms with Gasteiger partial charge in [0.05, 0.1) is 5.66 Å². The van der Waals surface area contributed by atoms with Crippen LogP contribution in [0.2, 0.25) is 0 Å². The van der Waals surface area contributed by atoms with E-state index in [-0.39, 0.29) is 18.7 Å². The number of carbonyl (C=O) groups excluding carboxylic acids is 1. The molecule has 1 amide bonds. The Bertz CT molecular complexity index is 352. The first kappa shape index (κ1) is 22.7. The highest BCUT2D eigenvalue weighted by Gasteiger charge is 2.20. The molecule has 0 saturated carbocycles. The molecule has 0 aromatic rings. The molecule has 0 unspecified atom stereocenters. The van der Waals surface area contributed by atoms with E-state index >= 15 is 0 Å². The van der Waals surface area contributed by atoms with Gasteiger partial charge in [0.2, 0.25) is 5.91 Å². The Labute approximate surface area is 144 Å². The molecule has 0 aliphatic carbocycles. The van der Waals surface area contributed by atoms with Crippen LogP contribution in [0.25, 0.3) is 0 Å². The molecule has 0 aromatic heterocycles. The Morgan fingerprint density at radius 3 is 2.21 bits per heavy atom. The second-order valence-corrected chi connectivity index (χ2v) is 6.03. The summed E-state index contributed by atoms with van der Waals surface area (Å²) in [6.45, 7) is 7.12. The molecule has 0 fully saturated rings. The van der Waals surface area contributed by atoms with Crippen LogP contribution in [0.1, 0.15) is 32.6 Å². The average Bonchev–Trinajstić information content (AvgIpc) is 2.48. The van der Waals surface area contributed by atoms with Crippen molar-refractivity contribution < 1.29 is 14.7 Å². The number of carboxylic acid groups (broad SMARTS) is 1. The Kier molecular flexibility index (Phi) is 13.4. The molecular weight excluding hydrogens is 312 g/mol. The quantitative estimate of drug-likeness (QED) is 0.127.